The summed E-state index contributed by atoms with van der Waals surface area (Å²) < 4.78 is 0. The molecule has 0 radical (unpaired) electrons. The van der Waals surface area contributed by atoms with Gasteiger partial charge in [-0.3, -0.25) is 10.2 Å². The molecule has 0 aromatic heterocycles. The fourth-order valence-corrected chi connectivity index (χ4v) is 2.51. The van der Waals surface area contributed by atoms with E-state index in [0.29, 0.717) is 12.2 Å². The quantitative estimate of drug-likeness (QED) is 0.111. The largest absolute Gasteiger partial charge is 0.478 e. The summed E-state index contributed by atoms with van der Waals surface area (Å²) in [5.41, 5.74) is 5.23. The van der Waals surface area contributed by atoms with Crippen LogP contribution in [0.3, 0.4) is 0 Å². The average Bonchev–Trinajstić information content (AvgIpc) is 2.64. The topological polar surface area (TPSA) is 249 Å². The van der Waals surface area contributed by atoms with Crippen molar-refractivity contribution in [3.05, 3.63) is 12.2 Å². The van der Waals surface area contributed by atoms with E-state index in [-0.39, 0.29) is 12.5 Å². The van der Waals surface area contributed by atoms with E-state index < -0.39 is 61.5 Å². The lowest BCUT2D eigenvalue weighted by Gasteiger charge is -2.48. The number of aliphatic carboxylic acids is 2. The van der Waals surface area contributed by atoms with Gasteiger partial charge in [-0.05, 0) is 0 Å². The Morgan fingerprint density at radius 1 is 0.966 bits per heavy atom. The number of piperidine rings is 1. The van der Waals surface area contributed by atoms with Crippen LogP contribution in [0.2, 0.25) is 0 Å². The van der Waals surface area contributed by atoms with Crippen LogP contribution in [0.15, 0.2) is 12.2 Å². The van der Waals surface area contributed by atoms with E-state index >= 15 is 0 Å². The van der Waals surface area contributed by atoms with Gasteiger partial charge in [0.25, 0.3) is 0 Å². The molecule has 0 aliphatic carbocycles. The molecule has 1 fully saturated rings. The molecule has 1 aliphatic heterocycles. The number of likely N-dealkylation sites (N-methyl/N-ethyl adjacent to an activating group) is 1. The van der Waals surface area contributed by atoms with Gasteiger partial charge in [0, 0.05) is 19.2 Å². The van der Waals surface area contributed by atoms with Gasteiger partial charge in [-0.15, -0.1) is 0 Å². The summed E-state index contributed by atoms with van der Waals surface area (Å²) in [6.07, 6.45) is -3.59. The predicted molar refractivity (Wildman–Crippen MR) is 95.6 cm³/mol. The molecule has 14 nitrogen and oxygen atoms in total. The SMILES string of the molecule is CN(CC(=O)N1[C@H](CO)[C@H](O)[C@@H](O)[C@H](O)[C@H]1CO)C(=N)N.O=C(O)/C=C\C(=O)O. The number of guanidine groups is 1. The van der Waals surface area contributed by atoms with Gasteiger partial charge in [-0.1, -0.05) is 0 Å². The number of nitrogens with two attached hydrogens (primary N) is 1. The number of nitrogens with one attached hydrogen (secondary N) is 1. The van der Waals surface area contributed by atoms with Gasteiger partial charge in [0.05, 0.1) is 31.8 Å². The Labute approximate surface area is 165 Å². The smallest absolute Gasteiger partial charge is 0.328 e. The van der Waals surface area contributed by atoms with Crippen LogP contribution in [-0.2, 0) is 14.4 Å². The molecule has 14 heteroatoms. The maximum atomic E-state index is 12.3. The molecule has 1 rings (SSSR count). The number of rotatable bonds is 6. The number of likely N-dealkylation sites (tertiary alicyclic amines) is 1. The molecule has 166 valence electrons. The van der Waals surface area contributed by atoms with Crippen LogP contribution in [0.1, 0.15) is 0 Å². The molecule has 0 unspecified atom stereocenters. The van der Waals surface area contributed by atoms with Crippen LogP contribution in [0.25, 0.3) is 0 Å². The highest BCUT2D eigenvalue weighted by atomic mass is 16.4. The van der Waals surface area contributed by atoms with Gasteiger partial charge in [-0.25, -0.2) is 9.59 Å². The van der Waals surface area contributed by atoms with Gasteiger partial charge in [-0.2, -0.15) is 0 Å². The molecule has 0 saturated carbocycles. The first kappa shape index (κ1) is 26.2. The molecule has 0 aromatic carbocycles. The minimum absolute atomic E-state index is 0.335. The number of amides is 1. The van der Waals surface area contributed by atoms with Gasteiger partial charge in [0.15, 0.2) is 5.96 Å². The molecule has 0 spiro atoms. The van der Waals surface area contributed by atoms with Crippen molar-refractivity contribution in [2.75, 3.05) is 26.8 Å². The zero-order valence-corrected chi connectivity index (χ0v) is 15.5. The van der Waals surface area contributed by atoms with E-state index in [2.05, 4.69) is 0 Å². The molecule has 1 heterocycles. The van der Waals surface area contributed by atoms with Crippen LogP contribution in [0.5, 0.6) is 0 Å². The van der Waals surface area contributed by atoms with E-state index in [0.717, 1.165) is 9.80 Å². The van der Waals surface area contributed by atoms with E-state index in [1.807, 2.05) is 0 Å². The Morgan fingerprint density at radius 3 is 1.62 bits per heavy atom. The lowest BCUT2D eigenvalue weighted by atomic mass is 9.88. The number of hydrogen-bond donors (Lipinski definition) is 9. The minimum atomic E-state index is -1.59. The van der Waals surface area contributed by atoms with E-state index in [4.69, 9.17) is 21.4 Å². The van der Waals surface area contributed by atoms with Crippen LogP contribution in [-0.4, -0.2) is 127 Å². The van der Waals surface area contributed by atoms with Crippen LogP contribution in [0, 0.1) is 5.41 Å². The first-order valence-electron chi connectivity index (χ1n) is 8.15. The average molecular weight is 422 g/mol. The third-order valence-electron chi connectivity index (χ3n) is 4.02. The van der Waals surface area contributed by atoms with Gasteiger partial charge in [0.2, 0.25) is 5.91 Å². The van der Waals surface area contributed by atoms with E-state index in [9.17, 15) is 39.9 Å². The standard InChI is InChI=1S/C11H22N4O6.C4H4O4/c1-14(11(12)13)2-7(18)15-5(3-16)8(19)10(21)9(20)6(15)4-17;5-3(6)1-2-4(7)8/h5-6,8-10,16-17,19-21H,2-4H2,1H3,(H3,12,13);1-2H,(H,5,6)(H,7,8)/b;2-1-/t5-,6-,8-,9+,10+;/m1./s1. The Kier molecular flexibility index (Phi) is 10.8. The number of carboxylic acid groups (broad SMARTS) is 2. The number of carbonyl (C=O) groups is 3. The molecule has 10 N–H and O–H groups in total. The third-order valence-corrected chi connectivity index (χ3v) is 4.02. The summed E-state index contributed by atoms with van der Waals surface area (Å²) in [5, 5.41) is 70.9. The van der Waals surface area contributed by atoms with Gasteiger partial charge < -0.3 is 51.3 Å². The van der Waals surface area contributed by atoms with Crippen molar-refractivity contribution in [1.82, 2.24) is 9.80 Å². The van der Waals surface area contributed by atoms with Crippen LogP contribution >= 0.6 is 0 Å². The summed E-state index contributed by atoms with van der Waals surface area (Å²) in [6, 6.07) is -2.35. The molecule has 0 bridgehead atoms. The monoisotopic (exact) mass is 422 g/mol. The molecule has 0 aromatic rings. The molecule has 1 amide bonds. The second-order valence-corrected chi connectivity index (χ2v) is 6.02. The lowest BCUT2D eigenvalue weighted by Crippen LogP contribution is -2.70. The molecular formula is C15H26N4O10. The summed E-state index contributed by atoms with van der Waals surface area (Å²) in [4.78, 5) is 33.4. The lowest BCUT2D eigenvalue weighted by molar-refractivity contribution is -0.187. The Morgan fingerprint density at radius 2 is 1.34 bits per heavy atom. The molecule has 1 saturated heterocycles. The second-order valence-electron chi connectivity index (χ2n) is 6.02. The van der Waals surface area contributed by atoms with E-state index in [1.165, 1.54) is 7.05 Å². The Balaban J connectivity index is 0.000000828. The Hall–Kier alpha value is -2.78. The molecule has 1 aliphatic rings. The first-order valence-corrected chi connectivity index (χ1v) is 8.15. The second kappa shape index (κ2) is 11.9. The summed E-state index contributed by atoms with van der Waals surface area (Å²) >= 11 is 0. The van der Waals surface area contributed by atoms with Crippen molar-refractivity contribution in [3.8, 4) is 0 Å². The fraction of sp³-hybridized carbons (Fsp3) is 0.600. The maximum absolute atomic E-state index is 12.3. The number of aliphatic hydroxyl groups excluding tert-OH is 5. The summed E-state index contributed by atoms with van der Waals surface area (Å²) in [5.74, 6) is -3.53. The Bertz CT molecular complexity index is 594. The summed E-state index contributed by atoms with van der Waals surface area (Å²) in [7, 11) is 1.40. The zero-order valence-electron chi connectivity index (χ0n) is 15.5. The van der Waals surface area contributed by atoms with Crippen molar-refractivity contribution in [1.29, 1.82) is 5.41 Å². The number of carbonyl (C=O) groups excluding carboxylic acids is 1. The van der Waals surface area contributed by atoms with Gasteiger partial charge in [0.1, 0.15) is 18.3 Å². The highest BCUT2D eigenvalue weighted by Crippen LogP contribution is 2.24. The maximum Gasteiger partial charge on any atom is 0.328 e. The predicted octanol–water partition coefficient (Wildman–Crippen LogP) is -4.83. The van der Waals surface area contributed by atoms with Crippen molar-refractivity contribution in [2.24, 2.45) is 5.73 Å². The van der Waals surface area contributed by atoms with Crippen molar-refractivity contribution < 1.29 is 50.1 Å². The minimum Gasteiger partial charge on any atom is -0.478 e. The molecular weight excluding hydrogens is 396 g/mol. The fourth-order valence-electron chi connectivity index (χ4n) is 2.51. The van der Waals surface area contributed by atoms with E-state index in [1.54, 1.807) is 0 Å². The van der Waals surface area contributed by atoms with Crippen molar-refractivity contribution in [3.63, 3.8) is 0 Å². The first-order chi connectivity index (χ1) is 13.4. The van der Waals surface area contributed by atoms with Crippen molar-refractivity contribution >= 4 is 23.8 Å². The third kappa shape index (κ3) is 7.63. The number of carboxylic acids is 2. The molecule has 5 atom stereocenters. The van der Waals surface area contributed by atoms with Crippen LogP contribution in [0.4, 0.5) is 0 Å². The number of aliphatic hydroxyl groups is 5. The van der Waals surface area contributed by atoms with Crippen molar-refractivity contribution in [2.45, 2.75) is 30.4 Å². The summed E-state index contributed by atoms with van der Waals surface area (Å²) in [6.45, 7) is -1.65. The highest BCUT2D eigenvalue weighted by molar-refractivity contribution is 5.89. The number of hydrogen-bond acceptors (Lipinski definition) is 9. The zero-order chi connectivity index (χ0) is 22.9. The highest BCUT2D eigenvalue weighted by Gasteiger charge is 2.49. The van der Waals surface area contributed by atoms with Gasteiger partial charge >= 0.3 is 11.9 Å². The van der Waals surface area contributed by atoms with Crippen LogP contribution < -0.4 is 5.73 Å². The number of nitrogens with zero attached hydrogens (tertiary/aromatic N) is 2. The normalized spacial score (nSPS) is 26.4. The molecule has 29 heavy (non-hydrogen) atoms.